The van der Waals surface area contributed by atoms with Crippen molar-refractivity contribution in [2.45, 2.75) is 13.0 Å². The molecule has 0 aliphatic heterocycles. The van der Waals surface area contributed by atoms with Gasteiger partial charge in [-0.25, -0.2) is 9.78 Å². The Labute approximate surface area is 128 Å². The standard InChI is InChI=1S/C16H17N3O3/c1-2-22-16(21)14(17)15(11-6-8-12(20)9-7-11)19-13-5-3-4-10-18-13/h3-10,15,17,20H,2H2,1H3,(H,18,19). The molecule has 0 fully saturated rings. The Balaban J connectivity index is 2.29. The lowest BCUT2D eigenvalue weighted by molar-refractivity contribution is -0.135. The van der Waals surface area contributed by atoms with E-state index >= 15 is 0 Å². The third kappa shape index (κ3) is 3.82. The fraction of sp³-hybridized carbons (Fsp3) is 0.188. The van der Waals surface area contributed by atoms with Gasteiger partial charge in [0.05, 0.1) is 6.61 Å². The van der Waals surface area contributed by atoms with Gasteiger partial charge in [-0.15, -0.1) is 0 Å². The molecule has 6 nitrogen and oxygen atoms in total. The summed E-state index contributed by atoms with van der Waals surface area (Å²) >= 11 is 0. The second-order valence-corrected chi connectivity index (χ2v) is 4.52. The first-order chi connectivity index (χ1) is 10.6. The Morgan fingerprint density at radius 1 is 1.32 bits per heavy atom. The van der Waals surface area contributed by atoms with Crippen molar-refractivity contribution < 1.29 is 14.6 Å². The minimum absolute atomic E-state index is 0.114. The molecule has 114 valence electrons. The fourth-order valence-electron chi connectivity index (χ4n) is 1.91. The molecule has 1 unspecified atom stereocenters. The van der Waals surface area contributed by atoms with E-state index in [0.717, 1.165) is 0 Å². The first kappa shape index (κ1) is 15.5. The highest BCUT2D eigenvalue weighted by atomic mass is 16.5. The topological polar surface area (TPSA) is 95.3 Å². The van der Waals surface area contributed by atoms with Gasteiger partial charge in [0.2, 0.25) is 0 Å². The SMILES string of the molecule is CCOC(=O)C(=N)C(Nc1ccccn1)c1ccc(O)cc1. The molecule has 0 radical (unpaired) electrons. The first-order valence-electron chi connectivity index (χ1n) is 6.84. The zero-order chi connectivity index (χ0) is 15.9. The fourth-order valence-corrected chi connectivity index (χ4v) is 1.91. The predicted octanol–water partition coefficient (Wildman–Crippen LogP) is 2.52. The smallest absolute Gasteiger partial charge is 0.354 e. The molecule has 22 heavy (non-hydrogen) atoms. The normalized spacial score (nSPS) is 11.5. The van der Waals surface area contributed by atoms with Crippen LogP contribution in [0.15, 0.2) is 48.7 Å². The average molecular weight is 299 g/mol. The van der Waals surface area contributed by atoms with Crippen molar-refractivity contribution in [3.8, 4) is 5.75 Å². The van der Waals surface area contributed by atoms with E-state index in [4.69, 9.17) is 10.1 Å². The highest BCUT2D eigenvalue weighted by Gasteiger charge is 2.24. The third-order valence-electron chi connectivity index (χ3n) is 2.97. The number of rotatable bonds is 6. The molecule has 2 rings (SSSR count). The summed E-state index contributed by atoms with van der Waals surface area (Å²) in [4.78, 5) is 16.0. The second kappa shape index (κ2) is 7.21. The van der Waals surface area contributed by atoms with Crippen molar-refractivity contribution in [2.24, 2.45) is 0 Å². The van der Waals surface area contributed by atoms with Gasteiger partial charge < -0.3 is 15.2 Å². The van der Waals surface area contributed by atoms with Gasteiger partial charge in [0.25, 0.3) is 0 Å². The lowest BCUT2D eigenvalue weighted by atomic mass is 10.0. The van der Waals surface area contributed by atoms with Gasteiger partial charge in [-0.2, -0.15) is 0 Å². The number of phenols is 1. The van der Waals surface area contributed by atoms with Crippen molar-refractivity contribution >= 4 is 17.5 Å². The molecule has 0 bridgehead atoms. The van der Waals surface area contributed by atoms with Gasteiger partial charge in [-0.05, 0) is 36.8 Å². The average Bonchev–Trinajstić information content (AvgIpc) is 2.54. The van der Waals surface area contributed by atoms with Crippen LogP contribution in [-0.2, 0) is 9.53 Å². The zero-order valence-corrected chi connectivity index (χ0v) is 12.1. The summed E-state index contributed by atoms with van der Waals surface area (Å²) in [6.45, 7) is 1.89. The zero-order valence-electron chi connectivity index (χ0n) is 12.1. The number of hydrogen-bond acceptors (Lipinski definition) is 6. The number of carbonyl (C=O) groups is 1. The molecule has 3 N–H and O–H groups in total. The van der Waals surface area contributed by atoms with Crippen LogP contribution in [0.5, 0.6) is 5.75 Å². The number of esters is 1. The van der Waals surface area contributed by atoms with Gasteiger partial charge in [-0.3, -0.25) is 5.41 Å². The minimum atomic E-state index is -0.713. The van der Waals surface area contributed by atoms with E-state index in [1.807, 2.05) is 0 Å². The monoisotopic (exact) mass is 299 g/mol. The molecule has 6 heteroatoms. The van der Waals surface area contributed by atoms with E-state index < -0.39 is 12.0 Å². The number of anilines is 1. The van der Waals surface area contributed by atoms with E-state index in [1.54, 1.807) is 43.5 Å². The minimum Gasteiger partial charge on any atom is -0.508 e. The lowest BCUT2D eigenvalue weighted by Crippen LogP contribution is -2.29. The summed E-state index contributed by atoms with van der Waals surface area (Å²) in [6, 6.07) is 10.9. The Morgan fingerprint density at radius 3 is 2.64 bits per heavy atom. The molecule has 0 saturated heterocycles. The number of nitrogens with one attached hydrogen (secondary N) is 2. The van der Waals surface area contributed by atoms with E-state index in [0.29, 0.717) is 11.4 Å². The van der Waals surface area contributed by atoms with E-state index in [1.165, 1.54) is 12.1 Å². The molecule has 1 heterocycles. The molecule has 0 aliphatic carbocycles. The number of ether oxygens (including phenoxy) is 1. The summed E-state index contributed by atoms with van der Waals surface area (Å²) in [7, 11) is 0. The highest BCUT2D eigenvalue weighted by molar-refractivity contribution is 6.37. The Bertz CT molecular complexity index is 641. The van der Waals surface area contributed by atoms with Crippen LogP contribution in [0, 0.1) is 5.41 Å². The van der Waals surface area contributed by atoms with Crippen LogP contribution in [0.25, 0.3) is 0 Å². The quantitative estimate of drug-likeness (QED) is 0.562. The molecule has 0 spiro atoms. The van der Waals surface area contributed by atoms with Crippen LogP contribution in [0.4, 0.5) is 5.82 Å². The van der Waals surface area contributed by atoms with Crippen LogP contribution >= 0.6 is 0 Å². The summed E-state index contributed by atoms with van der Waals surface area (Å²) in [6.07, 6.45) is 1.62. The van der Waals surface area contributed by atoms with Crippen molar-refractivity contribution in [1.82, 2.24) is 4.98 Å². The van der Waals surface area contributed by atoms with Gasteiger partial charge in [0.15, 0.2) is 0 Å². The number of phenolic OH excluding ortho intramolecular Hbond substituents is 1. The molecule has 2 aromatic rings. The van der Waals surface area contributed by atoms with Gasteiger partial charge >= 0.3 is 5.97 Å². The first-order valence-corrected chi connectivity index (χ1v) is 6.84. The summed E-state index contributed by atoms with van der Waals surface area (Å²) in [5.74, 6) is -0.0402. The van der Waals surface area contributed by atoms with Gasteiger partial charge in [-0.1, -0.05) is 18.2 Å². The number of carbonyl (C=O) groups excluding carboxylic acids is 1. The number of pyridine rings is 1. The van der Waals surface area contributed by atoms with Crippen LogP contribution in [-0.4, -0.2) is 28.4 Å². The molecule has 1 aromatic heterocycles. The van der Waals surface area contributed by atoms with Crippen molar-refractivity contribution in [3.05, 3.63) is 54.2 Å². The number of nitrogens with zero attached hydrogens (tertiary/aromatic N) is 1. The van der Waals surface area contributed by atoms with Crippen LogP contribution in [0.2, 0.25) is 0 Å². The maximum atomic E-state index is 11.9. The van der Waals surface area contributed by atoms with Crippen LogP contribution < -0.4 is 5.32 Å². The molecule has 1 atom stereocenters. The molecule has 0 aliphatic rings. The second-order valence-electron chi connectivity index (χ2n) is 4.52. The third-order valence-corrected chi connectivity index (χ3v) is 2.97. The molecular weight excluding hydrogens is 282 g/mol. The predicted molar refractivity (Wildman–Crippen MR) is 83.1 cm³/mol. The van der Waals surface area contributed by atoms with E-state index in [2.05, 4.69) is 10.3 Å². The molecule has 0 amide bonds. The van der Waals surface area contributed by atoms with Crippen LogP contribution in [0.1, 0.15) is 18.5 Å². The van der Waals surface area contributed by atoms with E-state index in [-0.39, 0.29) is 18.1 Å². The van der Waals surface area contributed by atoms with Crippen molar-refractivity contribution in [2.75, 3.05) is 11.9 Å². The lowest BCUT2D eigenvalue weighted by Gasteiger charge is -2.19. The van der Waals surface area contributed by atoms with Gasteiger partial charge in [0, 0.05) is 6.20 Å². The molecular formula is C16H17N3O3. The maximum absolute atomic E-state index is 11.9. The number of hydrogen-bond donors (Lipinski definition) is 3. The van der Waals surface area contributed by atoms with Crippen molar-refractivity contribution in [3.63, 3.8) is 0 Å². The van der Waals surface area contributed by atoms with Crippen molar-refractivity contribution in [1.29, 1.82) is 5.41 Å². The highest BCUT2D eigenvalue weighted by Crippen LogP contribution is 2.22. The van der Waals surface area contributed by atoms with Crippen LogP contribution in [0.3, 0.4) is 0 Å². The maximum Gasteiger partial charge on any atom is 0.354 e. The number of aromatic hydroxyl groups is 1. The Morgan fingerprint density at radius 2 is 2.05 bits per heavy atom. The Hall–Kier alpha value is -2.89. The largest absolute Gasteiger partial charge is 0.508 e. The summed E-state index contributed by atoms with van der Waals surface area (Å²) in [5, 5.41) is 20.5. The molecule has 0 saturated carbocycles. The molecule has 1 aromatic carbocycles. The summed E-state index contributed by atoms with van der Waals surface area (Å²) in [5.41, 5.74) is 0.430. The summed E-state index contributed by atoms with van der Waals surface area (Å²) < 4.78 is 4.89. The Kier molecular flexibility index (Phi) is 5.08. The number of benzene rings is 1. The van der Waals surface area contributed by atoms with E-state index in [9.17, 15) is 9.90 Å². The van der Waals surface area contributed by atoms with Gasteiger partial charge in [0.1, 0.15) is 23.3 Å². The number of aromatic nitrogens is 1.